The topological polar surface area (TPSA) is 41.5 Å². The van der Waals surface area contributed by atoms with E-state index in [4.69, 9.17) is 4.74 Å². The zero-order valence-corrected chi connectivity index (χ0v) is 10.4. The van der Waals surface area contributed by atoms with Gasteiger partial charge in [-0.15, -0.1) is 0 Å². The van der Waals surface area contributed by atoms with Crippen molar-refractivity contribution in [1.82, 2.24) is 5.32 Å². The van der Waals surface area contributed by atoms with Crippen molar-refractivity contribution >= 4 is 0 Å². The van der Waals surface area contributed by atoms with Gasteiger partial charge in [0, 0.05) is 12.6 Å². The first-order chi connectivity index (χ1) is 8.28. The summed E-state index contributed by atoms with van der Waals surface area (Å²) in [6.45, 7) is 3.10. The van der Waals surface area contributed by atoms with E-state index >= 15 is 0 Å². The maximum absolute atomic E-state index is 9.70. The predicted octanol–water partition coefficient (Wildman–Crippen LogP) is 1.74. The monoisotopic (exact) mass is 235 g/mol. The highest BCUT2D eigenvalue weighted by Gasteiger charge is 2.21. The van der Waals surface area contributed by atoms with Crippen LogP contribution in [-0.2, 0) is 6.42 Å². The largest absolute Gasteiger partial charge is 0.491 e. The molecule has 0 bridgehead atoms. The lowest BCUT2D eigenvalue weighted by Gasteiger charge is -2.13. The standard InChI is InChI=1S/C14H21NO2/c1-2-11-3-7-14(8-4-11)17-10-13(16)9-15-12-5-6-12/h3-4,7-8,12-13,15-16H,2,5-6,9-10H2,1H3/t13-/m0/s1. The highest BCUT2D eigenvalue weighted by Crippen LogP contribution is 2.18. The normalized spacial score (nSPS) is 16.8. The Kier molecular flexibility index (Phi) is 4.40. The summed E-state index contributed by atoms with van der Waals surface area (Å²) in [6.07, 6.45) is 3.09. The Morgan fingerprint density at radius 3 is 2.65 bits per heavy atom. The summed E-state index contributed by atoms with van der Waals surface area (Å²) in [4.78, 5) is 0. The Balaban J connectivity index is 1.68. The number of aliphatic hydroxyl groups is 1. The van der Waals surface area contributed by atoms with Crippen molar-refractivity contribution in [3.05, 3.63) is 29.8 Å². The fraction of sp³-hybridized carbons (Fsp3) is 0.571. The summed E-state index contributed by atoms with van der Waals surface area (Å²) >= 11 is 0. The molecule has 1 aliphatic rings. The molecule has 1 atom stereocenters. The second-order valence-electron chi connectivity index (χ2n) is 4.64. The van der Waals surface area contributed by atoms with E-state index in [1.54, 1.807) is 0 Å². The number of ether oxygens (including phenoxy) is 1. The molecule has 0 radical (unpaired) electrons. The number of hydrogen-bond donors (Lipinski definition) is 2. The second kappa shape index (κ2) is 6.03. The molecule has 0 spiro atoms. The molecule has 17 heavy (non-hydrogen) atoms. The van der Waals surface area contributed by atoms with Gasteiger partial charge in [-0.25, -0.2) is 0 Å². The minimum Gasteiger partial charge on any atom is -0.491 e. The van der Waals surface area contributed by atoms with E-state index in [0.29, 0.717) is 19.2 Å². The molecule has 0 unspecified atom stereocenters. The van der Waals surface area contributed by atoms with Crippen LogP contribution in [0.15, 0.2) is 24.3 Å². The smallest absolute Gasteiger partial charge is 0.119 e. The number of hydrogen-bond acceptors (Lipinski definition) is 3. The van der Waals surface area contributed by atoms with Gasteiger partial charge < -0.3 is 15.2 Å². The Morgan fingerprint density at radius 1 is 1.35 bits per heavy atom. The molecule has 0 saturated heterocycles. The van der Waals surface area contributed by atoms with Gasteiger partial charge in [-0.1, -0.05) is 19.1 Å². The van der Waals surface area contributed by atoms with E-state index in [0.717, 1.165) is 12.2 Å². The van der Waals surface area contributed by atoms with Gasteiger partial charge in [0.2, 0.25) is 0 Å². The fourth-order valence-corrected chi connectivity index (χ4v) is 1.66. The molecule has 0 aromatic heterocycles. The summed E-state index contributed by atoms with van der Waals surface area (Å²) in [7, 11) is 0. The highest BCUT2D eigenvalue weighted by atomic mass is 16.5. The Labute approximate surface area is 103 Å². The fourth-order valence-electron chi connectivity index (χ4n) is 1.66. The van der Waals surface area contributed by atoms with E-state index in [-0.39, 0.29) is 0 Å². The van der Waals surface area contributed by atoms with Crippen LogP contribution >= 0.6 is 0 Å². The zero-order valence-electron chi connectivity index (χ0n) is 10.4. The van der Waals surface area contributed by atoms with E-state index in [9.17, 15) is 5.11 Å². The minimum atomic E-state index is -0.429. The molecule has 3 heteroatoms. The number of aryl methyl sites for hydroxylation is 1. The summed E-state index contributed by atoms with van der Waals surface area (Å²) in [5.74, 6) is 0.827. The quantitative estimate of drug-likeness (QED) is 0.756. The van der Waals surface area contributed by atoms with Gasteiger partial charge in [0.15, 0.2) is 0 Å². The van der Waals surface area contributed by atoms with Crippen molar-refractivity contribution in [1.29, 1.82) is 0 Å². The first kappa shape index (κ1) is 12.4. The molecule has 0 aliphatic heterocycles. The molecule has 1 aromatic rings. The molecule has 1 fully saturated rings. The second-order valence-corrected chi connectivity index (χ2v) is 4.64. The van der Waals surface area contributed by atoms with Crippen molar-refractivity contribution in [3.8, 4) is 5.75 Å². The predicted molar refractivity (Wildman–Crippen MR) is 68.3 cm³/mol. The third-order valence-corrected chi connectivity index (χ3v) is 2.99. The Morgan fingerprint density at radius 2 is 2.06 bits per heavy atom. The van der Waals surface area contributed by atoms with Crippen molar-refractivity contribution in [3.63, 3.8) is 0 Å². The molecule has 2 N–H and O–H groups in total. The average Bonchev–Trinajstić information content (AvgIpc) is 3.18. The molecule has 3 nitrogen and oxygen atoms in total. The lowest BCUT2D eigenvalue weighted by molar-refractivity contribution is 0.106. The van der Waals surface area contributed by atoms with Crippen molar-refractivity contribution in [2.45, 2.75) is 38.3 Å². The van der Waals surface area contributed by atoms with Gasteiger partial charge in [-0.05, 0) is 37.0 Å². The maximum Gasteiger partial charge on any atom is 0.119 e. The first-order valence-corrected chi connectivity index (χ1v) is 6.41. The van der Waals surface area contributed by atoms with Gasteiger partial charge in [0.25, 0.3) is 0 Å². The highest BCUT2D eigenvalue weighted by molar-refractivity contribution is 5.27. The molecule has 2 rings (SSSR count). The Hall–Kier alpha value is -1.06. The molecular formula is C14H21NO2. The molecular weight excluding hydrogens is 214 g/mol. The third kappa shape index (κ3) is 4.36. The van der Waals surface area contributed by atoms with Crippen LogP contribution in [0.5, 0.6) is 5.75 Å². The SMILES string of the molecule is CCc1ccc(OC[C@@H](O)CNC2CC2)cc1. The number of nitrogens with one attached hydrogen (secondary N) is 1. The van der Waals surface area contributed by atoms with E-state index in [1.165, 1.54) is 18.4 Å². The van der Waals surface area contributed by atoms with Crippen LogP contribution in [0.25, 0.3) is 0 Å². The third-order valence-electron chi connectivity index (χ3n) is 2.99. The van der Waals surface area contributed by atoms with Crippen LogP contribution in [0.2, 0.25) is 0 Å². The molecule has 0 heterocycles. The summed E-state index contributed by atoms with van der Waals surface area (Å²) in [6, 6.07) is 8.67. The van der Waals surface area contributed by atoms with Gasteiger partial charge in [0.05, 0.1) is 0 Å². The summed E-state index contributed by atoms with van der Waals surface area (Å²) in [5.41, 5.74) is 1.30. The van der Waals surface area contributed by atoms with Crippen LogP contribution in [-0.4, -0.2) is 30.4 Å². The zero-order chi connectivity index (χ0) is 12.1. The van der Waals surface area contributed by atoms with Crippen LogP contribution in [0, 0.1) is 0 Å². The average molecular weight is 235 g/mol. The molecule has 0 amide bonds. The van der Waals surface area contributed by atoms with Crippen LogP contribution in [0.3, 0.4) is 0 Å². The van der Waals surface area contributed by atoms with Gasteiger partial charge in [0.1, 0.15) is 18.5 Å². The summed E-state index contributed by atoms with van der Waals surface area (Å²) < 4.78 is 5.53. The summed E-state index contributed by atoms with van der Waals surface area (Å²) in [5, 5.41) is 13.0. The van der Waals surface area contributed by atoms with Crippen LogP contribution < -0.4 is 10.1 Å². The van der Waals surface area contributed by atoms with Gasteiger partial charge in [-0.2, -0.15) is 0 Å². The van der Waals surface area contributed by atoms with Crippen LogP contribution in [0.1, 0.15) is 25.3 Å². The van der Waals surface area contributed by atoms with Crippen LogP contribution in [0.4, 0.5) is 0 Å². The van der Waals surface area contributed by atoms with E-state index < -0.39 is 6.10 Å². The molecule has 94 valence electrons. The maximum atomic E-state index is 9.70. The van der Waals surface area contributed by atoms with Gasteiger partial charge in [-0.3, -0.25) is 0 Å². The van der Waals surface area contributed by atoms with Gasteiger partial charge >= 0.3 is 0 Å². The molecule has 1 saturated carbocycles. The van der Waals surface area contributed by atoms with E-state index in [2.05, 4.69) is 24.4 Å². The Bertz CT molecular complexity index is 333. The van der Waals surface area contributed by atoms with Crippen molar-refractivity contribution in [2.24, 2.45) is 0 Å². The number of rotatable bonds is 7. The van der Waals surface area contributed by atoms with Crippen molar-refractivity contribution in [2.75, 3.05) is 13.2 Å². The number of aliphatic hydroxyl groups excluding tert-OH is 1. The lowest BCUT2D eigenvalue weighted by atomic mass is 10.2. The van der Waals surface area contributed by atoms with E-state index in [1.807, 2.05) is 12.1 Å². The lowest BCUT2D eigenvalue weighted by Crippen LogP contribution is -2.32. The van der Waals surface area contributed by atoms with Crippen molar-refractivity contribution < 1.29 is 9.84 Å². The minimum absolute atomic E-state index is 0.352. The molecule has 1 aromatic carbocycles. The first-order valence-electron chi connectivity index (χ1n) is 6.41. The molecule has 1 aliphatic carbocycles. The number of benzene rings is 1.